The highest BCUT2D eigenvalue weighted by atomic mass is 16.5. The molecule has 0 spiro atoms. The van der Waals surface area contributed by atoms with Gasteiger partial charge in [-0.05, 0) is 31.6 Å². The molecule has 1 N–H and O–H groups in total. The zero-order chi connectivity index (χ0) is 18.0. The molecule has 5 heteroatoms. The molecule has 2 aliphatic rings. The monoisotopic (exact) mass is 339 g/mol. The van der Waals surface area contributed by atoms with E-state index in [0.29, 0.717) is 36.5 Å². The van der Waals surface area contributed by atoms with E-state index < -0.39 is 0 Å². The van der Waals surface area contributed by atoms with E-state index in [1.54, 1.807) is 24.3 Å². The largest absolute Gasteiger partial charge is 0.394 e. The molecular formula is C20H21NO4. The Hall–Kier alpha value is -2.50. The number of aliphatic hydroxyl groups is 1. The third kappa shape index (κ3) is 3.21. The highest BCUT2D eigenvalue weighted by molar-refractivity contribution is 6.40. The lowest BCUT2D eigenvalue weighted by Gasteiger charge is -2.29. The van der Waals surface area contributed by atoms with Crippen molar-refractivity contribution in [2.75, 3.05) is 26.4 Å². The van der Waals surface area contributed by atoms with Gasteiger partial charge >= 0.3 is 0 Å². The lowest BCUT2D eigenvalue weighted by atomic mass is 9.99. The molecule has 1 heterocycles. The average molecular weight is 339 g/mol. The van der Waals surface area contributed by atoms with Crippen LogP contribution in [-0.4, -0.2) is 47.9 Å². The summed E-state index contributed by atoms with van der Waals surface area (Å²) in [7, 11) is 0. The van der Waals surface area contributed by atoms with Crippen LogP contribution in [0.5, 0.6) is 0 Å². The van der Waals surface area contributed by atoms with Gasteiger partial charge in [0.05, 0.1) is 25.4 Å². The Balaban J connectivity index is 1.88. The summed E-state index contributed by atoms with van der Waals surface area (Å²) in [6, 6.07) is 6.94. The van der Waals surface area contributed by atoms with Gasteiger partial charge in [0.2, 0.25) is 0 Å². The molecule has 0 aromatic heterocycles. The van der Waals surface area contributed by atoms with Crippen molar-refractivity contribution in [3.05, 3.63) is 70.1 Å². The fourth-order valence-electron chi connectivity index (χ4n) is 3.26. The van der Waals surface area contributed by atoms with Gasteiger partial charge in [0.25, 0.3) is 0 Å². The molecule has 1 aliphatic carbocycles. The van der Waals surface area contributed by atoms with Crippen LogP contribution in [0, 0.1) is 0 Å². The average Bonchev–Trinajstić information content (AvgIpc) is 2.85. The van der Waals surface area contributed by atoms with Crippen LogP contribution in [-0.2, 0) is 4.74 Å². The van der Waals surface area contributed by atoms with Crippen molar-refractivity contribution >= 4 is 11.6 Å². The van der Waals surface area contributed by atoms with Gasteiger partial charge in [0.1, 0.15) is 0 Å². The maximum absolute atomic E-state index is 12.7. The van der Waals surface area contributed by atoms with Gasteiger partial charge in [-0.15, -0.1) is 0 Å². The normalized spacial score (nSPS) is 17.0. The SMILES string of the molecule is CC1=CC(=C2C(=O)c3ccccc3C2=O)C=C(C)N1CCOCCO. The quantitative estimate of drug-likeness (QED) is 0.507. The second kappa shape index (κ2) is 7.17. The zero-order valence-electron chi connectivity index (χ0n) is 14.4. The maximum Gasteiger partial charge on any atom is 0.198 e. The summed E-state index contributed by atoms with van der Waals surface area (Å²) in [5, 5.41) is 8.76. The molecular weight excluding hydrogens is 318 g/mol. The van der Waals surface area contributed by atoms with Crippen LogP contribution in [0.2, 0.25) is 0 Å². The van der Waals surface area contributed by atoms with E-state index in [4.69, 9.17) is 9.84 Å². The van der Waals surface area contributed by atoms with E-state index in [9.17, 15) is 9.59 Å². The molecule has 0 radical (unpaired) electrons. The number of ether oxygens (including phenoxy) is 1. The number of benzene rings is 1. The van der Waals surface area contributed by atoms with Gasteiger partial charge in [0, 0.05) is 29.1 Å². The highest BCUT2D eigenvalue weighted by Crippen LogP contribution is 2.32. The first-order chi connectivity index (χ1) is 12.0. The zero-order valence-corrected chi connectivity index (χ0v) is 14.4. The third-order valence-electron chi connectivity index (χ3n) is 4.43. The number of allylic oxidation sites excluding steroid dienone is 6. The summed E-state index contributed by atoms with van der Waals surface area (Å²) in [6.07, 6.45) is 3.74. The van der Waals surface area contributed by atoms with E-state index in [-0.39, 0.29) is 23.7 Å². The Labute approximate surface area is 146 Å². The van der Waals surface area contributed by atoms with E-state index in [0.717, 1.165) is 11.4 Å². The van der Waals surface area contributed by atoms with Crippen molar-refractivity contribution < 1.29 is 19.4 Å². The molecule has 0 amide bonds. The molecule has 0 saturated heterocycles. The van der Waals surface area contributed by atoms with Crippen LogP contribution in [0.1, 0.15) is 34.6 Å². The van der Waals surface area contributed by atoms with Crippen molar-refractivity contribution in [2.45, 2.75) is 13.8 Å². The highest BCUT2D eigenvalue weighted by Gasteiger charge is 2.35. The number of fused-ring (bicyclic) bond motifs is 1. The molecule has 0 saturated carbocycles. The second-order valence-corrected chi connectivity index (χ2v) is 6.09. The van der Waals surface area contributed by atoms with Gasteiger partial charge in [-0.2, -0.15) is 0 Å². The van der Waals surface area contributed by atoms with Gasteiger partial charge in [-0.3, -0.25) is 9.59 Å². The molecule has 0 unspecified atom stereocenters. The van der Waals surface area contributed by atoms with Crippen molar-refractivity contribution in [3.63, 3.8) is 0 Å². The van der Waals surface area contributed by atoms with Crippen LogP contribution in [0.3, 0.4) is 0 Å². The molecule has 3 rings (SSSR count). The Morgan fingerprint density at radius 2 is 1.52 bits per heavy atom. The first kappa shape index (κ1) is 17.3. The number of hydrogen-bond acceptors (Lipinski definition) is 5. The number of carbonyl (C=O) groups is 2. The van der Waals surface area contributed by atoms with E-state index in [2.05, 4.69) is 4.90 Å². The van der Waals surface area contributed by atoms with Crippen LogP contribution in [0.15, 0.2) is 59.0 Å². The number of ketones is 2. The maximum atomic E-state index is 12.7. The first-order valence-corrected chi connectivity index (χ1v) is 8.30. The number of rotatable bonds is 5. The molecule has 0 atom stereocenters. The minimum absolute atomic E-state index is 0.00463. The fourth-order valence-corrected chi connectivity index (χ4v) is 3.26. The predicted molar refractivity (Wildman–Crippen MR) is 94.3 cm³/mol. The first-order valence-electron chi connectivity index (χ1n) is 8.30. The van der Waals surface area contributed by atoms with Crippen LogP contribution >= 0.6 is 0 Å². The van der Waals surface area contributed by atoms with Crippen molar-refractivity contribution in [1.82, 2.24) is 4.90 Å². The minimum atomic E-state index is -0.205. The van der Waals surface area contributed by atoms with Gasteiger partial charge in [0.15, 0.2) is 11.6 Å². The second-order valence-electron chi connectivity index (χ2n) is 6.09. The summed E-state index contributed by atoms with van der Waals surface area (Å²) in [5.74, 6) is -0.410. The molecule has 1 aliphatic heterocycles. The lowest BCUT2D eigenvalue weighted by molar-refractivity contribution is 0.0837. The summed E-state index contributed by atoms with van der Waals surface area (Å²) in [5.41, 5.74) is 3.77. The summed E-state index contributed by atoms with van der Waals surface area (Å²) < 4.78 is 5.32. The van der Waals surface area contributed by atoms with E-state index in [1.165, 1.54) is 0 Å². The smallest absolute Gasteiger partial charge is 0.198 e. The fraction of sp³-hybridized carbons (Fsp3) is 0.300. The molecule has 25 heavy (non-hydrogen) atoms. The molecule has 5 nitrogen and oxygen atoms in total. The number of nitrogens with zero attached hydrogens (tertiary/aromatic N) is 1. The van der Waals surface area contributed by atoms with Gasteiger partial charge in [-0.25, -0.2) is 0 Å². The molecule has 0 bridgehead atoms. The molecule has 130 valence electrons. The topological polar surface area (TPSA) is 66.8 Å². The standard InChI is InChI=1S/C20H21NO4/c1-13-11-15(12-14(2)21(13)7-9-25-10-8-22)18-19(23)16-5-3-4-6-17(16)20(18)24/h3-6,11-12,22H,7-10H2,1-2H3. The third-order valence-corrected chi connectivity index (χ3v) is 4.43. The molecule has 1 aromatic rings. The van der Waals surface area contributed by atoms with Crippen LogP contribution < -0.4 is 0 Å². The Bertz CT molecular complexity index is 758. The van der Waals surface area contributed by atoms with Crippen molar-refractivity contribution in [3.8, 4) is 0 Å². The van der Waals surface area contributed by atoms with Gasteiger partial charge in [-0.1, -0.05) is 24.3 Å². The van der Waals surface area contributed by atoms with Crippen LogP contribution in [0.4, 0.5) is 0 Å². The summed E-state index contributed by atoms with van der Waals surface area (Å²) in [6.45, 7) is 5.35. The van der Waals surface area contributed by atoms with Crippen molar-refractivity contribution in [2.24, 2.45) is 0 Å². The lowest BCUT2D eigenvalue weighted by Crippen LogP contribution is -2.27. The van der Waals surface area contributed by atoms with Gasteiger partial charge < -0.3 is 14.7 Å². The van der Waals surface area contributed by atoms with E-state index >= 15 is 0 Å². The summed E-state index contributed by atoms with van der Waals surface area (Å²) in [4.78, 5) is 27.4. The number of aliphatic hydroxyl groups excluding tert-OH is 1. The number of hydrogen-bond donors (Lipinski definition) is 1. The number of carbonyl (C=O) groups excluding carboxylic acids is 2. The Morgan fingerprint density at radius 1 is 0.960 bits per heavy atom. The predicted octanol–water partition coefficient (Wildman–Crippen LogP) is 2.49. The molecule has 0 fully saturated rings. The Morgan fingerprint density at radius 3 is 2.04 bits per heavy atom. The Kier molecular flexibility index (Phi) is 4.97. The molecule has 1 aromatic carbocycles. The minimum Gasteiger partial charge on any atom is -0.394 e. The van der Waals surface area contributed by atoms with Crippen molar-refractivity contribution in [1.29, 1.82) is 0 Å². The van der Waals surface area contributed by atoms with Crippen LogP contribution in [0.25, 0.3) is 0 Å². The summed E-state index contributed by atoms with van der Waals surface area (Å²) >= 11 is 0. The van der Waals surface area contributed by atoms with E-state index in [1.807, 2.05) is 26.0 Å². The number of Topliss-reactive ketones (excluding diaryl/α,β-unsaturated/α-hetero) is 2.